The number of aromatic hydroxyl groups is 2. The van der Waals surface area contributed by atoms with E-state index in [2.05, 4.69) is 10.3 Å². The first-order valence-electron chi connectivity index (χ1n) is 8.65. The van der Waals surface area contributed by atoms with Crippen molar-refractivity contribution in [2.45, 2.75) is 6.23 Å². The molecular weight excluding hydrogens is 376 g/mol. The fraction of sp³-hybridized carbons (Fsp3) is 0.143. The highest BCUT2D eigenvalue weighted by molar-refractivity contribution is 6.11. The zero-order chi connectivity index (χ0) is 21.0. The lowest BCUT2D eigenvalue weighted by Gasteiger charge is -2.14. The average molecular weight is 396 g/mol. The van der Waals surface area contributed by atoms with Gasteiger partial charge in [-0.2, -0.15) is 0 Å². The fourth-order valence-electron chi connectivity index (χ4n) is 2.83. The van der Waals surface area contributed by atoms with E-state index in [1.54, 1.807) is 18.2 Å². The number of carbonyl (C=O) groups excluding carboxylic acids is 2. The van der Waals surface area contributed by atoms with Crippen LogP contribution in [0.4, 0.5) is 0 Å². The molecule has 0 bridgehead atoms. The second kappa shape index (κ2) is 8.49. The van der Waals surface area contributed by atoms with Crippen LogP contribution >= 0.6 is 0 Å². The van der Waals surface area contributed by atoms with Crippen LogP contribution in [-0.4, -0.2) is 47.3 Å². The third-order valence-electron chi connectivity index (χ3n) is 4.31. The van der Waals surface area contributed by atoms with Crippen molar-refractivity contribution >= 4 is 28.7 Å². The summed E-state index contributed by atoms with van der Waals surface area (Å²) in [6, 6.07) is 9.24. The van der Waals surface area contributed by atoms with E-state index in [0.29, 0.717) is 16.5 Å². The number of benzene rings is 2. The number of aromatic amines is 1. The number of phenolic OH excluding ortho intramolecular Hbond substituents is 2. The van der Waals surface area contributed by atoms with Crippen LogP contribution in [-0.2, 0) is 9.53 Å². The van der Waals surface area contributed by atoms with E-state index in [0.717, 1.165) is 0 Å². The first kappa shape index (κ1) is 20.0. The number of amides is 1. The molecule has 8 nitrogen and oxygen atoms in total. The number of ether oxygens (including phenoxy) is 2. The molecule has 0 unspecified atom stereocenters. The molecule has 1 heterocycles. The maximum absolute atomic E-state index is 12.8. The van der Waals surface area contributed by atoms with Gasteiger partial charge in [-0.3, -0.25) is 9.59 Å². The van der Waals surface area contributed by atoms with Crippen molar-refractivity contribution in [3.05, 3.63) is 59.8 Å². The van der Waals surface area contributed by atoms with Gasteiger partial charge >= 0.3 is 0 Å². The fourth-order valence-corrected chi connectivity index (χ4v) is 2.83. The molecule has 0 aliphatic rings. The lowest BCUT2D eigenvalue weighted by atomic mass is 10.1. The van der Waals surface area contributed by atoms with Gasteiger partial charge in [0.2, 0.25) is 11.7 Å². The number of H-pyrrole nitrogens is 1. The van der Waals surface area contributed by atoms with E-state index >= 15 is 0 Å². The Morgan fingerprint density at radius 3 is 2.66 bits per heavy atom. The van der Waals surface area contributed by atoms with Crippen LogP contribution in [0, 0.1) is 0 Å². The van der Waals surface area contributed by atoms with Gasteiger partial charge in [-0.05, 0) is 42.0 Å². The molecular formula is C21H20N2O6. The molecule has 0 aliphatic carbocycles. The summed E-state index contributed by atoms with van der Waals surface area (Å²) in [6.45, 7) is 0. The molecule has 0 aliphatic heterocycles. The summed E-state index contributed by atoms with van der Waals surface area (Å²) < 4.78 is 10.2. The van der Waals surface area contributed by atoms with Gasteiger partial charge in [0.1, 0.15) is 5.75 Å². The number of hydrogen-bond donors (Lipinski definition) is 4. The van der Waals surface area contributed by atoms with Crippen molar-refractivity contribution in [1.29, 1.82) is 0 Å². The van der Waals surface area contributed by atoms with Crippen LogP contribution in [0.15, 0.2) is 48.7 Å². The van der Waals surface area contributed by atoms with Gasteiger partial charge in [0.25, 0.3) is 0 Å². The molecule has 8 heteroatoms. The lowest BCUT2D eigenvalue weighted by Crippen LogP contribution is -2.41. The molecule has 0 fully saturated rings. The number of Topliss-reactive ketones (excluding diaryl/α,β-unsaturated/α-hetero) is 1. The van der Waals surface area contributed by atoms with Crippen LogP contribution < -0.4 is 10.1 Å². The molecule has 3 rings (SSSR count). The number of phenols is 2. The molecule has 150 valence electrons. The number of fused-ring (bicyclic) bond motifs is 1. The Morgan fingerprint density at radius 1 is 1.14 bits per heavy atom. The van der Waals surface area contributed by atoms with Gasteiger partial charge in [-0.15, -0.1) is 0 Å². The van der Waals surface area contributed by atoms with Crippen molar-refractivity contribution in [1.82, 2.24) is 10.3 Å². The Bertz CT molecular complexity index is 1090. The summed E-state index contributed by atoms with van der Waals surface area (Å²) in [6.07, 6.45) is 3.05. The molecule has 0 saturated heterocycles. The summed E-state index contributed by atoms with van der Waals surface area (Å²) >= 11 is 0. The number of methoxy groups -OCH3 is 2. The number of aromatic nitrogens is 1. The minimum absolute atomic E-state index is 0.0103. The normalized spacial score (nSPS) is 12.2. The largest absolute Gasteiger partial charge is 0.508 e. The zero-order valence-electron chi connectivity index (χ0n) is 15.8. The summed E-state index contributed by atoms with van der Waals surface area (Å²) in [5.41, 5.74) is 1.59. The van der Waals surface area contributed by atoms with Crippen molar-refractivity contribution in [2.24, 2.45) is 0 Å². The third-order valence-corrected chi connectivity index (χ3v) is 4.31. The molecule has 3 aromatic rings. The average Bonchev–Trinajstić information content (AvgIpc) is 3.13. The SMILES string of the molecule is COc1cc(C=CC(=O)N[C@H](OC)C(=O)c2c[nH]c3ccc(O)cc23)ccc1O. The minimum Gasteiger partial charge on any atom is -0.508 e. The summed E-state index contributed by atoms with van der Waals surface area (Å²) in [5, 5.41) is 22.3. The highest BCUT2D eigenvalue weighted by Crippen LogP contribution is 2.27. The molecule has 0 spiro atoms. The summed E-state index contributed by atoms with van der Waals surface area (Å²) in [5.74, 6) is -0.710. The van der Waals surface area contributed by atoms with Crippen molar-refractivity contribution < 1.29 is 29.3 Å². The highest BCUT2D eigenvalue weighted by atomic mass is 16.5. The van der Waals surface area contributed by atoms with Crippen LogP contribution in [0.5, 0.6) is 17.2 Å². The van der Waals surface area contributed by atoms with E-state index in [1.807, 2.05) is 0 Å². The maximum Gasteiger partial charge on any atom is 0.246 e. The van der Waals surface area contributed by atoms with E-state index < -0.39 is 17.9 Å². The van der Waals surface area contributed by atoms with Crippen molar-refractivity contribution in [3.8, 4) is 17.2 Å². The first-order valence-corrected chi connectivity index (χ1v) is 8.65. The number of hydrogen-bond acceptors (Lipinski definition) is 6. The smallest absolute Gasteiger partial charge is 0.246 e. The number of nitrogens with one attached hydrogen (secondary N) is 2. The molecule has 2 aromatic carbocycles. The highest BCUT2D eigenvalue weighted by Gasteiger charge is 2.23. The Hall–Kier alpha value is -3.78. The Balaban J connectivity index is 1.74. The third kappa shape index (κ3) is 4.39. The second-order valence-electron chi connectivity index (χ2n) is 6.19. The van der Waals surface area contributed by atoms with Gasteiger partial charge in [-0.1, -0.05) is 6.07 Å². The van der Waals surface area contributed by atoms with Crippen LogP contribution in [0.2, 0.25) is 0 Å². The van der Waals surface area contributed by atoms with Gasteiger partial charge in [0, 0.05) is 35.8 Å². The zero-order valence-corrected chi connectivity index (χ0v) is 15.8. The molecule has 0 saturated carbocycles. The van der Waals surface area contributed by atoms with Crippen molar-refractivity contribution in [3.63, 3.8) is 0 Å². The molecule has 4 N–H and O–H groups in total. The predicted molar refractivity (Wildman–Crippen MR) is 107 cm³/mol. The number of ketones is 1. The van der Waals surface area contributed by atoms with E-state index in [4.69, 9.17) is 9.47 Å². The topological polar surface area (TPSA) is 121 Å². The van der Waals surface area contributed by atoms with E-state index in [9.17, 15) is 19.8 Å². The number of rotatable bonds is 7. The van der Waals surface area contributed by atoms with Gasteiger partial charge in [0.15, 0.2) is 17.7 Å². The van der Waals surface area contributed by atoms with E-state index in [-0.39, 0.29) is 22.8 Å². The summed E-state index contributed by atoms with van der Waals surface area (Å²) in [4.78, 5) is 28.0. The van der Waals surface area contributed by atoms with Gasteiger partial charge in [0.05, 0.1) is 7.11 Å². The molecule has 29 heavy (non-hydrogen) atoms. The Morgan fingerprint density at radius 2 is 1.93 bits per heavy atom. The summed E-state index contributed by atoms with van der Waals surface area (Å²) in [7, 11) is 2.73. The minimum atomic E-state index is -1.21. The Labute approximate surface area is 166 Å². The Kier molecular flexibility index (Phi) is 5.85. The quantitative estimate of drug-likeness (QED) is 0.277. The monoisotopic (exact) mass is 396 g/mol. The molecule has 0 radical (unpaired) electrons. The molecule has 1 atom stereocenters. The van der Waals surface area contributed by atoms with Crippen LogP contribution in [0.3, 0.4) is 0 Å². The number of carbonyl (C=O) groups is 2. The van der Waals surface area contributed by atoms with Crippen LogP contribution in [0.1, 0.15) is 15.9 Å². The predicted octanol–water partition coefficient (Wildman–Crippen LogP) is 2.57. The standard InChI is InChI=1S/C21H20N2O6/c1-28-18-9-12(3-7-17(18)25)4-8-19(26)23-21(29-2)20(27)15-11-22-16-6-5-13(24)10-14(15)16/h3-11,21-22,24-25H,1-2H3,(H,23,26)/t21-/m1/s1. The van der Waals surface area contributed by atoms with Crippen LogP contribution in [0.25, 0.3) is 17.0 Å². The second-order valence-corrected chi connectivity index (χ2v) is 6.19. The van der Waals surface area contributed by atoms with Gasteiger partial charge in [-0.25, -0.2) is 0 Å². The lowest BCUT2D eigenvalue weighted by molar-refractivity contribution is -0.119. The maximum atomic E-state index is 12.8. The van der Waals surface area contributed by atoms with E-state index in [1.165, 1.54) is 50.8 Å². The first-order chi connectivity index (χ1) is 13.9. The van der Waals surface area contributed by atoms with Gasteiger partial charge < -0.3 is 30.0 Å². The molecule has 1 amide bonds. The van der Waals surface area contributed by atoms with Crippen molar-refractivity contribution in [2.75, 3.05) is 14.2 Å². The molecule has 1 aromatic heterocycles.